The molecule has 0 aromatic heterocycles. The van der Waals surface area contributed by atoms with Crippen molar-refractivity contribution in [2.75, 3.05) is 37.5 Å². The molecule has 0 spiro atoms. The second-order valence-corrected chi connectivity index (χ2v) is 11.7. The van der Waals surface area contributed by atoms with Crippen molar-refractivity contribution in [3.05, 3.63) is 21.8 Å². The Bertz CT molecular complexity index is 1160. The van der Waals surface area contributed by atoms with E-state index in [4.69, 9.17) is 30.5 Å². The minimum absolute atomic E-state index is 0.0112. The van der Waals surface area contributed by atoms with E-state index in [0.717, 1.165) is 13.8 Å². The number of ether oxygens (including phenoxy) is 4. The SMILES string of the molecule is CC(=O)OCC(CNC(=O)c1c(I)c(NC(=O)CCl)c(I)c(C(=O)NCC(COC(C)=O)OC(C)=O)c1I)OC(C)=O. The minimum Gasteiger partial charge on any atom is -0.462 e. The molecule has 2 unspecified atom stereocenters. The summed E-state index contributed by atoms with van der Waals surface area (Å²) in [5, 5.41) is 7.78. The lowest BCUT2D eigenvalue weighted by Gasteiger charge is -2.22. The van der Waals surface area contributed by atoms with Gasteiger partial charge in [-0.15, -0.1) is 11.6 Å². The summed E-state index contributed by atoms with van der Waals surface area (Å²) in [6.07, 6.45) is -1.99. The molecular formula is C24H27ClI3N3O11. The van der Waals surface area contributed by atoms with Crippen LogP contribution in [0.15, 0.2) is 0 Å². The van der Waals surface area contributed by atoms with Gasteiger partial charge in [-0.25, -0.2) is 0 Å². The molecule has 0 saturated heterocycles. The molecule has 1 aromatic rings. The molecule has 0 fully saturated rings. The van der Waals surface area contributed by atoms with Crippen molar-refractivity contribution in [3.63, 3.8) is 0 Å². The third-order valence-electron chi connectivity index (χ3n) is 4.75. The molecule has 0 bridgehead atoms. The molecule has 0 radical (unpaired) electrons. The number of halogens is 4. The van der Waals surface area contributed by atoms with Crippen LogP contribution in [0.3, 0.4) is 0 Å². The summed E-state index contributed by atoms with van der Waals surface area (Å²) >= 11 is 11.2. The summed E-state index contributed by atoms with van der Waals surface area (Å²) < 4.78 is 20.7. The number of hydrogen-bond acceptors (Lipinski definition) is 11. The zero-order valence-electron chi connectivity index (χ0n) is 22.7. The highest BCUT2D eigenvalue weighted by Crippen LogP contribution is 2.36. The molecule has 0 aliphatic rings. The van der Waals surface area contributed by atoms with Gasteiger partial charge < -0.3 is 34.9 Å². The number of amides is 3. The number of alkyl halides is 1. The predicted molar refractivity (Wildman–Crippen MR) is 173 cm³/mol. The first kappa shape index (κ1) is 38.0. The van der Waals surface area contributed by atoms with E-state index in [2.05, 4.69) is 16.0 Å². The Morgan fingerprint density at radius 3 is 1.36 bits per heavy atom. The first-order valence-corrected chi connectivity index (χ1v) is 15.6. The third kappa shape index (κ3) is 12.7. The normalized spacial score (nSPS) is 11.8. The molecule has 18 heteroatoms. The van der Waals surface area contributed by atoms with E-state index in [9.17, 15) is 33.6 Å². The number of benzene rings is 1. The van der Waals surface area contributed by atoms with Crippen molar-refractivity contribution in [1.82, 2.24) is 10.6 Å². The van der Waals surface area contributed by atoms with Gasteiger partial charge in [-0.1, -0.05) is 0 Å². The first-order valence-electron chi connectivity index (χ1n) is 11.8. The first-order chi connectivity index (χ1) is 19.6. The van der Waals surface area contributed by atoms with Gasteiger partial charge in [0.05, 0.1) is 37.0 Å². The second kappa shape index (κ2) is 18.6. The molecule has 3 amide bonds. The molecule has 42 heavy (non-hydrogen) atoms. The van der Waals surface area contributed by atoms with Crippen molar-refractivity contribution >= 4 is 127 Å². The van der Waals surface area contributed by atoms with Crippen LogP contribution >= 0.6 is 79.4 Å². The van der Waals surface area contributed by atoms with Crippen LogP contribution in [0.25, 0.3) is 0 Å². The highest BCUT2D eigenvalue weighted by molar-refractivity contribution is 14.1. The van der Waals surface area contributed by atoms with E-state index >= 15 is 0 Å². The molecule has 1 rings (SSSR count). The standard InChI is InChI=1S/C24H27ClI3N3O11/c1-10(32)39-8-14(41-12(3)34)6-29-23(37)17-19(26)18(21(28)22(20(17)27)31-16(36)5-25)24(38)30-7-15(42-13(4)35)9-40-11(2)33/h14-15H,5-9H2,1-4H3,(H,29,37)(H,30,38)(H,31,36). The highest BCUT2D eigenvalue weighted by atomic mass is 127. The second-order valence-electron chi connectivity index (χ2n) is 8.24. The lowest BCUT2D eigenvalue weighted by molar-refractivity contribution is -0.155. The molecule has 1 aromatic carbocycles. The lowest BCUT2D eigenvalue weighted by Crippen LogP contribution is -2.40. The van der Waals surface area contributed by atoms with E-state index < -0.39 is 59.7 Å². The molecule has 14 nitrogen and oxygen atoms in total. The van der Waals surface area contributed by atoms with Crippen LogP contribution in [0.5, 0.6) is 0 Å². The van der Waals surface area contributed by atoms with Gasteiger partial charge in [0.15, 0.2) is 12.2 Å². The van der Waals surface area contributed by atoms with Gasteiger partial charge in [0, 0.05) is 31.3 Å². The maximum absolute atomic E-state index is 13.4. The predicted octanol–water partition coefficient (Wildman–Crippen LogP) is 2.13. The summed E-state index contributed by atoms with van der Waals surface area (Å²) in [5.41, 5.74) is 0.166. The number of anilines is 1. The Morgan fingerprint density at radius 2 is 1.05 bits per heavy atom. The zero-order chi connectivity index (χ0) is 32.1. The fourth-order valence-electron chi connectivity index (χ4n) is 3.09. The monoisotopic (exact) mass is 949 g/mol. The highest BCUT2D eigenvalue weighted by Gasteiger charge is 2.30. The maximum Gasteiger partial charge on any atom is 0.303 e. The molecule has 3 N–H and O–H groups in total. The number of rotatable bonds is 14. The van der Waals surface area contributed by atoms with Gasteiger partial charge >= 0.3 is 23.9 Å². The average molecular weight is 950 g/mol. The Kier molecular flexibility index (Phi) is 16.8. The van der Waals surface area contributed by atoms with Gasteiger partial charge in [0.1, 0.15) is 19.1 Å². The maximum atomic E-state index is 13.4. The number of hydrogen-bond donors (Lipinski definition) is 3. The fraction of sp³-hybridized carbons (Fsp3) is 0.458. The Morgan fingerprint density at radius 1 is 0.667 bits per heavy atom. The molecular weight excluding hydrogens is 922 g/mol. The van der Waals surface area contributed by atoms with Gasteiger partial charge in [-0.05, 0) is 67.8 Å². The van der Waals surface area contributed by atoms with Crippen LogP contribution < -0.4 is 16.0 Å². The minimum atomic E-state index is -0.997. The number of carbonyl (C=O) groups excluding carboxylic acids is 7. The van der Waals surface area contributed by atoms with Crippen molar-refractivity contribution in [2.45, 2.75) is 39.9 Å². The fourth-order valence-corrected chi connectivity index (χ4v) is 7.58. The summed E-state index contributed by atoms with van der Waals surface area (Å²) in [7, 11) is 0. The Balaban J connectivity index is 3.44. The summed E-state index contributed by atoms with van der Waals surface area (Å²) in [6, 6.07) is 0. The van der Waals surface area contributed by atoms with Crippen LogP contribution in [-0.4, -0.2) is 86.0 Å². The zero-order valence-corrected chi connectivity index (χ0v) is 29.9. The summed E-state index contributed by atoms with van der Waals surface area (Å²) in [6.45, 7) is 3.56. The quantitative estimate of drug-likeness (QED) is 0.107. The van der Waals surface area contributed by atoms with Crippen LogP contribution in [0, 0.1) is 10.7 Å². The third-order valence-corrected chi connectivity index (χ3v) is 8.23. The van der Waals surface area contributed by atoms with E-state index in [1.807, 2.05) is 67.8 Å². The number of esters is 4. The van der Waals surface area contributed by atoms with Gasteiger partial charge in [-0.3, -0.25) is 33.6 Å². The topological polar surface area (TPSA) is 192 Å². The largest absolute Gasteiger partial charge is 0.462 e. The van der Waals surface area contributed by atoms with Gasteiger partial charge in [0.2, 0.25) is 5.91 Å². The molecule has 0 aliphatic carbocycles. The van der Waals surface area contributed by atoms with E-state index in [1.165, 1.54) is 13.8 Å². The van der Waals surface area contributed by atoms with E-state index in [1.54, 1.807) is 0 Å². The smallest absolute Gasteiger partial charge is 0.303 e. The van der Waals surface area contributed by atoms with Crippen molar-refractivity contribution in [1.29, 1.82) is 0 Å². The number of nitrogens with one attached hydrogen (secondary N) is 3. The average Bonchev–Trinajstić information content (AvgIpc) is 2.88. The van der Waals surface area contributed by atoms with Crippen LogP contribution in [-0.2, 0) is 42.9 Å². The molecule has 2 atom stereocenters. The Hall–Kier alpha value is -2.01. The number of carbonyl (C=O) groups is 7. The molecule has 0 heterocycles. The Labute approximate surface area is 286 Å². The van der Waals surface area contributed by atoms with Crippen LogP contribution in [0.2, 0.25) is 0 Å². The van der Waals surface area contributed by atoms with Gasteiger partial charge in [-0.2, -0.15) is 0 Å². The van der Waals surface area contributed by atoms with Gasteiger partial charge in [0.25, 0.3) is 11.8 Å². The molecule has 0 aliphatic heterocycles. The van der Waals surface area contributed by atoms with E-state index in [-0.39, 0.29) is 53.8 Å². The molecule has 0 saturated carbocycles. The van der Waals surface area contributed by atoms with Crippen molar-refractivity contribution in [3.8, 4) is 0 Å². The summed E-state index contributed by atoms with van der Waals surface area (Å²) in [4.78, 5) is 84.3. The van der Waals surface area contributed by atoms with Crippen molar-refractivity contribution < 1.29 is 52.5 Å². The van der Waals surface area contributed by atoms with Crippen LogP contribution in [0.1, 0.15) is 48.4 Å². The molecule has 232 valence electrons. The summed E-state index contributed by atoms with van der Waals surface area (Å²) in [5.74, 6) is -4.93. The van der Waals surface area contributed by atoms with Crippen LogP contribution in [0.4, 0.5) is 5.69 Å². The van der Waals surface area contributed by atoms with E-state index in [0.29, 0.717) is 0 Å². The van der Waals surface area contributed by atoms with Crippen molar-refractivity contribution in [2.24, 2.45) is 0 Å². The lowest BCUT2D eigenvalue weighted by atomic mass is 10.1.